The lowest BCUT2D eigenvalue weighted by Crippen LogP contribution is -2.46. The lowest BCUT2D eigenvalue weighted by molar-refractivity contribution is -0.385. The van der Waals surface area contributed by atoms with Crippen LogP contribution in [0, 0.1) is 10.1 Å². The molecule has 1 fully saturated rings. The maximum Gasteiger partial charge on any atom is 0.344 e. The molecule has 0 atom stereocenters. The summed E-state index contributed by atoms with van der Waals surface area (Å²) < 4.78 is 4.66. The van der Waals surface area contributed by atoms with Gasteiger partial charge < -0.3 is 19.6 Å². The fraction of sp³-hybridized carbons (Fsp3) is 0.278. The molecule has 0 aliphatic carbocycles. The topological polar surface area (TPSA) is 96.2 Å². The molecule has 0 spiro atoms. The number of carbonyl (C=O) groups is 1. The van der Waals surface area contributed by atoms with E-state index >= 15 is 0 Å². The average Bonchev–Trinajstić information content (AvgIpc) is 2.67. The van der Waals surface area contributed by atoms with Crippen molar-refractivity contribution in [3.05, 3.63) is 58.1 Å². The summed E-state index contributed by atoms with van der Waals surface area (Å²) >= 11 is 0. The van der Waals surface area contributed by atoms with Gasteiger partial charge in [-0.25, -0.2) is 4.79 Å². The van der Waals surface area contributed by atoms with E-state index in [1.165, 1.54) is 19.2 Å². The SMILES string of the molecule is COC(=O)c1cc(N2CCN(c3ccc(O)cc3)CC2)ccc1[N+](=O)[O-]. The van der Waals surface area contributed by atoms with E-state index in [1.807, 2.05) is 12.1 Å². The van der Waals surface area contributed by atoms with Crippen LogP contribution in [0.25, 0.3) is 0 Å². The predicted molar refractivity (Wildman–Crippen MR) is 97.0 cm³/mol. The Labute approximate surface area is 150 Å². The van der Waals surface area contributed by atoms with E-state index in [9.17, 15) is 20.0 Å². The van der Waals surface area contributed by atoms with Crippen molar-refractivity contribution in [2.75, 3.05) is 43.1 Å². The number of ether oxygens (including phenoxy) is 1. The van der Waals surface area contributed by atoms with Crippen LogP contribution in [-0.2, 0) is 4.74 Å². The van der Waals surface area contributed by atoms with E-state index in [0.29, 0.717) is 13.1 Å². The van der Waals surface area contributed by atoms with Crippen LogP contribution in [0.4, 0.5) is 17.1 Å². The third-order valence-corrected chi connectivity index (χ3v) is 4.44. The number of nitro groups is 1. The van der Waals surface area contributed by atoms with Crippen LogP contribution in [0.5, 0.6) is 5.75 Å². The van der Waals surface area contributed by atoms with E-state index in [2.05, 4.69) is 14.5 Å². The van der Waals surface area contributed by atoms with Crippen LogP contribution in [0.1, 0.15) is 10.4 Å². The Bertz CT molecular complexity index is 814. The van der Waals surface area contributed by atoms with Gasteiger partial charge in [0.2, 0.25) is 0 Å². The number of aromatic hydroxyl groups is 1. The molecule has 1 aliphatic heterocycles. The van der Waals surface area contributed by atoms with Crippen molar-refractivity contribution in [1.29, 1.82) is 0 Å². The minimum absolute atomic E-state index is 0.0454. The third kappa shape index (κ3) is 3.53. The monoisotopic (exact) mass is 357 g/mol. The van der Waals surface area contributed by atoms with E-state index in [4.69, 9.17) is 0 Å². The number of phenolic OH excluding ortho intramolecular Hbond substituents is 1. The summed E-state index contributed by atoms with van der Waals surface area (Å²) in [6, 6.07) is 11.6. The second-order valence-electron chi connectivity index (χ2n) is 5.94. The minimum Gasteiger partial charge on any atom is -0.508 e. The predicted octanol–water partition coefficient (Wildman–Crippen LogP) is 2.41. The van der Waals surface area contributed by atoms with Gasteiger partial charge in [0.1, 0.15) is 11.3 Å². The van der Waals surface area contributed by atoms with Crippen LogP contribution >= 0.6 is 0 Å². The highest BCUT2D eigenvalue weighted by Crippen LogP contribution is 2.27. The van der Waals surface area contributed by atoms with Crippen LogP contribution in [0.15, 0.2) is 42.5 Å². The van der Waals surface area contributed by atoms with Crippen molar-refractivity contribution < 1.29 is 19.6 Å². The van der Waals surface area contributed by atoms with Crippen molar-refractivity contribution in [1.82, 2.24) is 0 Å². The molecule has 26 heavy (non-hydrogen) atoms. The van der Waals surface area contributed by atoms with Crippen molar-refractivity contribution >= 4 is 23.0 Å². The molecule has 3 rings (SSSR count). The second kappa shape index (κ2) is 7.30. The van der Waals surface area contributed by atoms with Gasteiger partial charge in [-0.3, -0.25) is 10.1 Å². The summed E-state index contributed by atoms with van der Waals surface area (Å²) in [7, 11) is 1.20. The Morgan fingerprint density at radius 3 is 2.12 bits per heavy atom. The number of nitro benzene ring substituents is 1. The van der Waals surface area contributed by atoms with E-state index in [1.54, 1.807) is 18.2 Å². The first kappa shape index (κ1) is 17.5. The fourth-order valence-electron chi connectivity index (χ4n) is 3.04. The molecule has 0 aromatic heterocycles. The van der Waals surface area contributed by atoms with Gasteiger partial charge >= 0.3 is 5.97 Å². The molecule has 1 saturated heterocycles. The zero-order valence-corrected chi connectivity index (χ0v) is 14.3. The van der Waals surface area contributed by atoms with Gasteiger partial charge in [0, 0.05) is 43.6 Å². The Balaban J connectivity index is 1.75. The van der Waals surface area contributed by atoms with Crippen LogP contribution < -0.4 is 9.80 Å². The van der Waals surface area contributed by atoms with Crippen molar-refractivity contribution in [2.45, 2.75) is 0 Å². The highest BCUT2D eigenvalue weighted by atomic mass is 16.6. The normalized spacial score (nSPS) is 14.2. The first-order chi connectivity index (χ1) is 12.5. The number of methoxy groups -OCH3 is 1. The summed E-state index contributed by atoms with van der Waals surface area (Å²) in [6.07, 6.45) is 0. The number of carbonyl (C=O) groups excluding carboxylic acids is 1. The maximum atomic E-state index is 11.9. The zero-order valence-electron chi connectivity index (χ0n) is 14.3. The van der Waals surface area contributed by atoms with Crippen LogP contribution in [0.3, 0.4) is 0 Å². The Morgan fingerprint density at radius 2 is 1.58 bits per heavy atom. The quantitative estimate of drug-likeness (QED) is 0.510. The molecule has 0 radical (unpaired) electrons. The number of hydrogen-bond donors (Lipinski definition) is 1. The number of benzene rings is 2. The van der Waals surface area contributed by atoms with Gasteiger partial charge in [0.05, 0.1) is 12.0 Å². The van der Waals surface area contributed by atoms with Crippen molar-refractivity contribution in [3.8, 4) is 5.75 Å². The van der Waals surface area contributed by atoms with Crippen molar-refractivity contribution in [3.63, 3.8) is 0 Å². The smallest absolute Gasteiger partial charge is 0.344 e. The molecule has 8 nitrogen and oxygen atoms in total. The summed E-state index contributed by atoms with van der Waals surface area (Å²) in [6.45, 7) is 2.93. The standard InChI is InChI=1S/C18H19N3O5/c1-26-18(23)16-12-14(4-7-17(16)21(24)25)20-10-8-19(9-11-20)13-2-5-15(22)6-3-13/h2-7,12,22H,8-11H2,1H3. The number of hydrogen-bond acceptors (Lipinski definition) is 7. The molecule has 1 heterocycles. The summed E-state index contributed by atoms with van der Waals surface area (Å²) in [5.74, 6) is -0.491. The molecular weight excluding hydrogens is 338 g/mol. The van der Waals surface area contributed by atoms with Gasteiger partial charge in [0.15, 0.2) is 0 Å². The van der Waals surface area contributed by atoms with E-state index < -0.39 is 10.9 Å². The molecule has 0 unspecified atom stereocenters. The minimum atomic E-state index is -0.721. The molecule has 1 aliphatic rings. The number of phenols is 1. The number of piperazine rings is 1. The second-order valence-corrected chi connectivity index (χ2v) is 5.94. The highest BCUT2D eigenvalue weighted by Gasteiger charge is 2.24. The lowest BCUT2D eigenvalue weighted by atomic mass is 10.1. The summed E-state index contributed by atoms with van der Waals surface area (Å²) in [4.78, 5) is 26.7. The third-order valence-electron chi connectivity index (χ3n) is 4.44. The lowest BCUT2D eigenvalue weighted by Gasteiger charge is -2.37. The maximum absolute atomic E-state index is 11.9. The number of nitrogens with zero attached hydrogens (tertiary/aromatic N) is 3. The molecular formula is C18H19N3O5. The number of anilines is 2. The van der Waals surface area contributed by atoms with Gasteiger partial charge in [-0.2, -0.15) is 0 Å². The molecule has 0 bridgehead atoms. The van der Waals surface area contributed by atoms with E-state index in [-0.39, 0.29) is 17.0 Å². The molecule has 0 saturated carbocycles. The van der Waals surface area contributed by atoms with Gasteiger partial charge in [-0.05, 0) is 36.4 Å². The largest absolute Gasteiger partial charge is 0.508 e. The molecule has 8 heteroatoms. The van der Waals surface area contributed by atoms with Gasteiger partial charge in [-0.15, -0.1) is 0 Å². The van der Waals surface area contributed by atoms with Gasteiger partial charge in [-0.1, -0.05) is 0 Å². The van der Waals surface area contributed by atoms with Crippen LogP contribution in [0.2, 0.25) is 0 Å². The molecule has 1 N–H and O–H groups in total. The average molecular weight is 357 g/mol. The molecule has 2 aromatic carbocycles. The number of esters is 1. The highest BCUT2D eigenvalue weighted by molar-refractivity contribution is 5.95. The first-order valence-electron chi connectivity index (χ1n) is 8.15. The Morgan fingerprint density at radius 1 is 1.04 bits per heavy atom. The molecule has 2 aromatic rings. The van der Waals surface area contributed by atoms with E-state index in [0.717, 1.165) is 24.5 Å². The van der Waals surface area contributed by atoms with Gasteiger partial charge in [0.25, 0.3) is 5.69 Å². The van der Waals surface area contributed by atoms with Crippen LogP contribution in [-0.4, -0.2) is 49.3 Å². The summed E-state index contributed by atoms with van der Waals surface area (Å²) in [5, 5.41) is 20.5. The summed E-state index contributed by atoms with van der Waals surface area (Å²) in [5.41, 5.74) is 1.47. The number of rotatable bonds is 4. The Kier molecular flexibility index (Phi) is 4.92. The van der Waals surface area contributed by atoms with Crippen molar-refractivity contribution in [2.24, 2.45) is 0 Å². The zero-order chi connectivity index (χ0) is 18.7. The fourth-order valence-corrected chi connectivity index (χ4v) is 3.04. The Hall–Kier alpha value is -3.29. The first-order valence-corrected chi connectivity index (χ1v) is 8.15. The molecule has 0 amide bonds. The molecule has 136 valence electrons.